The first-order valence-electron chi connectivity index (χ1n) is 6.73. The van der Waals surface area contributed by atoms with E-state index in [0.717, 1.165) is 18.0 Å². The van der Waals surface area contributed by atoms with Gasteiger partial charge >= 0.3 is 0 Å². The van der Waals surface area contributed by atoms with Crippen molar-refractivity contribution in [2.45, 2.75) is 12.8 Å². The third kappa shape index (κ3) is 3.31. The van der Waals surface area contributed by atoms with Crippen LogP contribution in [0.2, 0.25) is 0 Å². The molecule has 20 heavy (non-hydrogen) atoms. The Morgan fingerprint density at radius 3 is 2.00 bits per heavy atom. The van der Waals surface area contributed by atoms with E-state index in [2.05, 4.69) is 36.1 Å². The summed E-state index contributed by atoms with van der Waals surface area (Å²) in [6.45, 7) is 2.88. The Morgan fingerprint density at radius 2 is 1.50 bits per heavy atom. The van der Waals surface area contributed by atoms with Crippen LogP contribution in [-0.4, -0.2) is 25.9 Å². The molecular formula is C17H21NO2. The molecule has 0 bridgehead atoms. The number of nitrogens with zero attached hydrogens (tertiary/aromatic N) is 1. The normalized spacial score (nSPS) is 12.2. The van der Waals surface area contributed by atoms with Crippen molar-refractivity contribution < 1.29 is 9.84 Å². The number of hydrogen-bond acceptors (Lipinski definition) is 3. The number of aromatic hydroxyl groups is 1. The summed E-state index contributed by atoms with van der Waals surface area (Å²) in [5.41, 5.74) is 3.43. The number of ether oxygens (including phenoxy) is 1. The molecule has 0 radical (unpaired) electrons. The minimum Gasteiger partial charge on any atom is -0.508 e. The zero-order valence-electron chi connectivity index (χ0n) is 12.2. The first kappa shape index (κ1) is 14.4. The lowest BCUT2D eigenvalue weighted by atomic mass is 10.0. The largest absolute Gasteiger partial charge is 0.508 e. The lowest BCUT2D eigenvalue weighted by Gasteiger charge is -2.20. The molecule has 0 spiro atoms. The second-order valence-electron chi connectivity index (χ2n) is 5.02. The van der Waals surface area contributed by atoms with Gasteiger partial charge in [0.25, 0.3) is 0 Å². The van der Waals surface area contributed by atoms with Crippen molar-refractivity contribution >= 4 is 11.4 Å². The van der Waals surface area contributed by atoms with Gasteiger partial charge in [0, 0.05) is 31.5 Å². The second kappa shape index (κ2) is 6.44. The fourth-order valence-corrected chi connectivity index (χ4v) is 2.20. The lowest BCUT2D eigenvalue weighted by Crippen LogP contribution is -2.09. The molecular weight excluding hydrogens is 250 g/mol. The number of anilines is 2. The van der Waals surface area contributed by atoms with E-state index in [-0.39, 0.29) is 5.75 Å². The Kier molecular flexibility index (Phi) is 4.64. The van der Waals surface area contributed by atoms with Crippen molar-refractivity contribution in [2.24, 2.45) is 0 Å². The van der Waals surface area contributed by atoms with Crippen LogP contribution < -0.4 is 4.90 Å². The quantitative estimate of drug-likeness (QED) is 0.895. The summed E-state index contributed by atoms with van der Waals surface area (Å²) < 4.78 is 5.18. The number of rotatable bonds is 5. The zero-order chi connectivity index (χ0) is 14.5. The van der Waals surface area contributed by atoms with E-state index in [0.29, 0.717) is 5.92 Å². The highest BCUT2D eigenvalue weighted by Gasteiger charge is 2.07. The molecule has 2 aromatic carbocycles. The van der Waals surface area contributed by atoms with E-state index >= 15 is 0 Å². The topological polar surface area (TPSA) is 32.7 Å². The minimum absolute atomic E-state index is 0.283. The van der Waals surface area contributed by atoms with Crippen molar-refractivity contribution in [1.82, 2.24) is 0 Å². The van der Waals surface area contributed by atoms with Crippen molar-refractivity contribution in [3.63, 3.8) is 0 Å². The predicted molar refractivity (Wildman–Crippen MR) is 82.9 cm³/mol. The highest BCUT2D eigenvalue weighted by molar-refractivity contribution is 5.63. The summed E-state index contributed by atoms with van der Waals surface area (Å²) in [5, 5.41) is 9.33. The Hall–Kier alpha value is -2.00. The molecule has 0 aliphatic rings. The van der Waals surface area contributed by atoms with Crippen LogP contribution >= 0.6 is 0 Å². The standard InChI is InChI=1S/C17H21NO2/c1-13(12-20-3)14-4-6-15(7-5-14)18(2)16-8-10-17(19)11-9-16/h4-11,13,19H,12H2,1-3H3/t13-/m1/s1. The smallest absolute Gasteiger partial charge is 0.115 e. The summed E-state index contributed by atoms with van der Waals surface area (Å²) in [7, 11) is 3.74. The molecule has 2 aromatic rings. The highest BCUT2D eigenvalue weighted by atomic mass is 16.5. The molecule has 0 fully saturated rings. The van der Waals surface area contributed by atoms with Crippen LogP contribution in [0.15, 0.2) is 48.5 Å². The van der Waals surface area contributed by atoms with E-state index in [1.165, 1.54) is 5.56 Å². The maximum Gasteiger partial charge on any atom is 0.115 e. The van der Waals surface area contributed by atoms with Gasteiger partial charge in [-0.3, -0.25) is 0 Å². The van der Waals surface area contributed by atoms with E-state index in [9.17, 15) is 5.11 Å². The SMILES string of the molecule is COC[C@@H](C)c1ccc(N(C)c2ccc(O)cc2)cc1. The summed E-state index contributed by atoms with van der Waals surface area (Å²) in [6, 6.07) is 15.7. The van der Waals surface area contributed by atoms with E-state index in [1.54, 1.807) is 19.2 Å². The van der Waals surface area contributed by atoms with Gasteiger partial charge in [0.1, 0.15) is 5.75 Å². The third-order valence-corrected chi connectivity index (χ3v) is 3.50. The number of hydrogen-bond donors (Lipinski definition) is 1. The molecule has 0 aromatic heterocycles. The van der Waals surface area contributed by atoms with Gasteiger partial charge in [0.15, 0.2) is 0 Å². The zero-order valence-corrected chi connectivity index (χ0v) is 12.2. The molecule has 106 valence electrons. The minimum atomic E-state index is 0.283. The van der Waals surface area contributed by atoms with Gasteiger partial charge in [-0.25, -0.2) is 0 Å². The fourth-order valence-electron chi connectivity index (χ4n) is 2.20. The molecule has 1 atom stereocenters. The monoisotopic (exact) mass is 271 g/mol. The maximum absolute atomic E-state index is 9.33. The van der Waals surface area contributed by atoms with Crippen LogP contribution in [0.4, 0.5) is 11.4 Å². The van der Waals surface area contributed by atoms with Crippen LogP contribution in [-0.2, 0) is 4.74 Å². The van der Waals surface area contributed by atoms with Crippen LogP contribution in [0, 0.1) is 0 Å². The van der Waals surface area contributed by atoms with Gasteiger partial charge in [0.2, 0.25) is 0 Å². The Labute approximate surface area is 120 Å². The fraction of sp³-hybridized carbons (Fsp3) is 0.294. The van der Waals surface area contributed by atoms with Crippen molar-refractivity contribution in [3.8, 4) is 5.75 Å². The van der Waals surface area contributed by atoms with Crippen LogP contribution in [0.3, 0.4) is 0 Å². The van der Waals surface area contributed by atoms with E-state index in [4.69, 9.17) is 4.74 Å². The van der Waals surface area contributed by atoms with Crippen molar-refractivity contribution in [2.75, 3.05) is 25.7 Å². The molecule has 3 nitrogen and oxygen atoms in total. The van der Waals surface area contributed by atoms with Gasteiger partial charge in [-0.1, -0.05) is 19.1 Å². The van der Waals surface area contributed by atoms with Crippen molar-refractivity contribution in [3.05, 3.63) is 54.1 Å². The Bertz CT molecular complexity index is 534. The van der Waals surface area contributed by atoms with Crippen molar-refractivity contribution in [1.29, 1.82) is 0 Å². The molecule has 0 amide bonds. The summed E-state index contributed by atoms with van der Waals surface area (Å²) in [4.78, 5) is 2.09. The van der Waals surface area contributed by atoms with Gasteiger partial charge in [-0.05, 0) is 42.0 Å². The van der Waals surface area contributed by atoms with Crippen LogP contribution in [0.25, 0.3) is 0 Å². The third-order valence-electron chi connectivity index (χ3n) is 3.50. The Morgan fingerprint density at radius 1 is 1.00 bits per heavy atom. The summed E-state index contributed by atoms with van der Waals surface area (Å²) in [6.07, 6.45) is 0. The molecule has 3 heteroatoms. The average molecular weight is 271 g/mol. The molecule has 1 N–H and O–H groups in total. The van der Waals surface area contributed by atoms with Gasteiger partial charge in [-0.15, -0.1) is 0 Å². The average Bonchev–Trinajstić information content (AvgIpc) is 2.48. The predicted octanol–water partition coefficient (Wildman–Crippen LogP) is 3.91. The molecule has 0 aliphatic heterocycles. The molecule has 0 heterocycles. The van der Waals surface area contributed by atoms with Gasteiger partial charge in [-0.2, -0.15) is 0 Å². The van der Waals surface area contributed by atoms with Crippen LogP contribution in [0.5, 0.6) is 5.75 Å². The number of methoxy groups -OCH3 is 1. The van der Waals surface area contributed by atoms with Crippen LogP contribution in [0.1, 0.15) is 18.4 Å². The summed E-state index contributed by atoms with van der Waals surface area (Å²) in [5.74, 6) is 0.680. The highest BCUT2D eigenvalue weighted by Crippen LogP contribution is 2.26. The first-order valence-corrected chi connectivity index (χ1v) is 6.73. The number of phenolic OH excluding ortho intramolecular Hbond substituents is 1. The number of benzene rings is 2. The second-order valence-corrected chi connectivity index (χ2v) is 5.02. The van der Waals surface area contributed by atoms with E-state index < -0.39 is 0 Å². The van der Waals surface area contributed by atoms with E-state index in [1.807, 2.05) is 19.2 Å². The summed E-state index contributed by atoms with van der Waals surface area (Å²) >= 11 is 0. The number of phenols is 1. The molecule has 0 aliphatic carbocycles. The maximum atomic E-state index is 9.33. The molecule has 2 rings (SSSR count). The van der Waals surface area contributed by atoms with Gasteiger partial charge in [0.05, 0.1) is 6.61 Å². The lowest BCUT2D eigenvalue weighted by molar-refractivity contribution is 0.184. The molecule has 0 saturated heterocycles. The first-order chi connectivity index (χ1) is 9.61. The Balaban J connectivity index is 2.15. The molecule has 0 unspecified atom stereocenters. The molecule has 0 saturated carbocycles. The van der Waals surface area contributed by atoms with Gasteiger partial charge < -0.3 is 14.7 Å².